The van der Waals surface area contributed by atoms with Crippen molar-refractivity contribution in [1.82, 2.24) is 5.32 Å². The smallest absolute Gasteiger partial charge is 0.391 e. The first-order valence-corrected chi connectivity index (χ1v) is 33.0. The maximum absolute atomic E-state index is 13.0. The zero-order valence-electron chi connectivity index (χ0n) is 48.5. The van der Waals surface area contributed by atoms with E-state index in [1.807, 2.05) is 21.1 Å². The van der Waals surface area contributed by atoms with Gasteiger partial charge in [0, 0.05) is 6.42 Å². The summed E-state index contributed by atoms with van der Waals surface area (Å²) in [6.07, 6.45) is 67.3. The van der Waals surface area contributed by atoms with Crippen LogP contribution in [0, 0.1) is 0 Å². The van der Waals surface area contributed by atoms with Gasteiger partial charge in [-0.15, -0.1) is 0 Å². The molecule has 0 bridgehead atoms. The molecule has 3 N–H and O–H groups in total. The Hall–Kier alpha value is -0.760. The highest BCUT2D eigenvalue weighted by Crippen LogP contribution is 2.43. The van der Waals surface area contributed by atoms with Crippen molar-refractivity contribution in [3.63, 3.8) is 0 Å². The van der Waals surface area contributed by atoms with Crippen LogP contribution in [-0.4, -0.2) is 73.4 Å². The molecule has 8 nitrogen and oxygen atoms in total. The van der Waals surface area contributed by atoms with Crippen molar-refractivity contribution in [1.29, 1.82) is 0 Å². The van der Waals surface area contributed by atoms with E-state index in [4.69, 9.17) is 9.05 Å². The van der Waals surface area contributed by atoms with Crippen LogP contribution in [0.3, 0.4) is 0 Å². The average Bonchev–Trinajstić information content (AvgIpc) is 3.33. The number of aliphatic hydroxyl groups excluding tert-OH is 1. The zero-order valence-corrected chi connectivity index (χ0v) is 49.4. The topological polar surface area (TPSA) is 105 Å². The number of likely N-dealkylation sites (N-methyl/N-ethyl adjacent to an activating group) is 1. The van der Waals surface area contributed by atoms with Crippen LogP contribution >= 0.6 is 7.82 Å². The van der Waals surface area contributed by atoms with Crippen LogP contribution in [-0.2, 0) is 18.4 Å². The summed E-state index contributed by atoms with van der Waals surface area (Å²) in [5, 5.41) is 14.1. The third-order valence-electron chi connectivity index (χ3n) is 14.8. The molecule has 0 fully saturated rings. The van der Waals surface area contributed by atoms with E-state index in [9.17, 15) is 19.4 Å². The second kappa shape index (κ2) is 54.0. The van der Waals surface area contributed by atoms with Gasteiger partial charge in [0.2, 0.25) is 5.91 Å². The number of hydrogen-bond acceptors (Lipinski definition) is 5. The number of carbonyl (C=O) groups is 1. The molecule has 0 rings (SSSR count). The van der Waals surface area contributed by atoms with Crippen molar-refractivity contribution >= 4 is 13.7 Å². The standard InChI is InChI=1S/C62H125N2O6P/c1-6-8-10-12-14-16-18-20-22-24-25-26-27-28-29-30-31-32-33-34-35-36-37-38-39-40-41-43-45-47-49-51-53-55-61(65)60(59-70-71(67,68)69-58-57-64(3,4)5)63-62(66)56-54-52-50-48-46-44-42-23-21-19-17-15-13-11-9-7-2/h23,42,60-61,65H,6-22,24-41,43-59H2,1-5H3,(H-,63,66,67,68)/p+1/b42-23-. The maximum Gasteiger partial charge on any atom is 0.472 e. The second-order valence-corrected chi connectivity index (χ2v) is 24.6. The van der Waals surface area contributed by atoms with Crippen LogP contribution in [0.5, 0.6) is 0 Å². The first-order chi connectivity index (χ1) is 34.5. The van der Waals surface area contributed by atoms with Gasteiger partial charge in [0.15, 0.2) is 0 Å². The Morgan fingerprint density at radius 3 is 1.08 bits per heavy atom. The van der Waals surface area contributed by atoms with Gasteiger partial charge in [-0.25, -0.2) is 4.57 Å². The minimum absolute atomic E-state index is 0.0755. The average molecular weight is 1030 g/mol. The molecule has 0 aromatic carbocycles. The van der Waals surface area contributed by atoms with E-state index in [-0.39, 0.29) is 19.1 Å². The number of unbranched alkanes of at least 4 members (excludes halogenated alkanes) is 44. The lowest BCUT2D eigenvalue weighted by Crippen LogP contribution is -2.46. The number of rotatable bonds is 59. The third kappa shape index (κ3) is 56.8. The highest BCUT2D eigenvalue weighted by Gasteiger charge is 2.28. The molecule has 1 amide bonds. The van der Waals surface area contributed by atoms with E-state index >= 15 is 0 Å². The molecule has 0 aromatic rings. The molecule has 0 aliphatic heterocycles. The molecular formula is C62H126N2O6P+. The normalized spacial score (nSPS) is 13.8. The highest BCUT2D eigenvalue weighted by atomic mass is 31.2. The lowest BCUT2D eigenvalue weighted by molar-refractivity contribution is -0.870. The van der Waals surface area contributed by atoms with Gasteiger partial charge in [-0.2, -0.15) is 0 Å². The molecule has 71 heavy (non-hydrogen) atoms. The minimum atomic E-state index is -4.32. The summed E-state index contributed by atoms with van der Waals surface area (Å²) in [6.45, 7) is 4.93. The number of hydrogen-bond donors (Lipinski definition) is 3. The Balaban J connectivity index is 3.98. The molecule has 0 aromatic heterocycles. The van der Waals surface area contributed by atoms with Gasteiger partial charge in [-0.3, -0.25) is 13.8 Å². The van der Waals surface area contributed by atoms with E-state index in [2.05, 4.69) is 31.3 Å². The Kier molecular flexibility index (Phi) is 53.5. The van der Waals surface area contributed by atoms with Crippen molar-refractivity contribution in [3.8, 4) is 0 Å². The van der Waals surface area contributed by atoms with Crippen molar-refractivity contribution < 1.29 is 32.9 Å². The van der Waals surface area contributed by atoms with Gasteiger partial charge in [0.25, 0.3) is 0 Å². The van der Waals surface area contributed by atoms with Gasteiger partial charge in [-0.05, 0) is 38.5 Å². The Morgan fingerprint density at radius 2 is 0.761 bits per heavy atom. The summed E-state index contributed by atoms with van der Waals surface area (Å²) >= 11 is 0. The van der Waals surface area contributed by atoms with Gasteiger partial charge < -0.3 is 19.8 Å². The number of phosphoric acid groups is 1. The molecule has 0 aliphatic carbocycles. The fourth-order valence-corrected chi connectivity index (χ4v) is 10.5. The molecule has 0 spiro atoms. The fraction of sp³-hybridized carbons (Fsp3) is 0.952. The molecule has 0 saturated heterocycles. The Labute approximate surface area is 443 Å². The Morgan fingerprint density at radius 1 is 0.465 bits per heavy atom. The number of allylic oxidation sites excluding steroid dienone is 2. The lowest BCUT2D eigenvalue weighted by atomic mass is 10.0. The monoisotopic (exact) mass is 1030 g/mol. The van der Waals surface area contributed by atoms with Crippen LogP contribution in [0.2, 0.25) is 0 Å². The fourth-order valence-electron chi connectivity index (χ4n) is 9.81. The number of nitrogens with zero attached hydrogens (tertiary/aromatic N) is 1. The van der Waals surface area contributed by atoms with E-state index < -0.39 is 20.0 Å². The van der Waals surface area contributed by atoms with Gasteiger partial charge in [0.05, 0.1) is 39.9 Å². The first-order valence-electron chi connectivity index (χ1n) is 31.6. The molecule has 0 heterocycles. The summed E-state index contributed by atoms with van der Waals surface area (Å²) < 4.78 is 23.8. The van der Waals surface area contributed by atoms with Crippen LogP contribution in [0.15, 0.2) is 12.2 Å². The number of nitrogens with one attached hydrogen (secondary N) is 1. The van der Waals surface area contributed by atoms with Crippen molar-refractivity contribution in [2.45, 2.75) is 341 Å². The summed E-state index contributed by atoms with van der Waals surface area (Å²) in [4.78, 5) is 23.3. The number of phosphoric ester groups is 1. The summed E-state index contributed by atoms with van der Waals surface area (Å²) in [7, 11) is 1.63. The molecule has 3 unspecified atom stereocenters. The number of aliphatic hydroxyl groups is 1. The Bertz CT molecular complexity index is 1160. The molecule has 9 heteroatoms. The van der Waals surface area contributed by atoms with E-state index in [1.165, 1.54) is 250 Å². The minimum Gasteiger partial charge on any atom is -0.391 e. The lowest BCUT2D eigenvalue weighted by Gasteiger charge is -2.26. The largest absolute Gasteiger partial charge is 0.472 e. The van der Waals surface area contributed by atoms with Crippen molar-refractivity contribution in [2.24, 2.45) is 0 Å². The molecule has 3 atom stereocenters. The quantitative estimate of drug-likeness (QED) is 0.0243. The number of quaternary nitrogens is 1. The predicted molar refractivity (Wildman–Crippen MR) is 309 cm³/mol. The molecule has 424 valence electrons. The van der Waals surface area contributed by atoms with Crippen molar-refractivity contribution in [2.75, 3.05) is 40.9 Å². The van der Waals surface area contributed by atoms with Crippen LogP contribution < -0.4 is 5.32 Å². The van der Waals surface area contributed by atoms with E-state index in [0.29, 0.717) is 23.9 Å². The summed E-state index contributed by atoms with van der Waals surface area (Å²) in [6, 6.07) is -0.763. The highest BCUT2D eigenvalue weighted by molar-refractivity contribution is 7.47. The van der Waals surface area contributed by atoms with E-state index in [1.54, 1.807) is 0 Å². The predicted octanol–water partition coefficient (Wildman–Crippen LogP) is 19.4. The summed E-state index contributed by atoms with van der Waals surface area (Å²) in [5.74, 6) is -0.147. The van der Waals surface area contributed by atoms with Crippen molar-refractivity contribution in [3.05, 3.63) is 12.2 Å². The molecule has 0 radical (unpaired) electrons. The van der Waals surface area contributed by atoms with E-state index in [0.717, 1.165) is 51.4 Å². The second-order valence-electron chi connectivity index (χ2n) is 23.1. The third-order valence-corrected chi connectivity index (χ3v) is 15.7. The molecular weight excluding hydrogens is 900 g/mol. The number of carbonyl (C=O) groups excluding carboxylic acids is 1. The van der Waals surface area contributed by atoms with Gasteiger partial charge >= 0.3 is 7.82 Å². The maximum atomic E-state index is 13.0. The van der Waals surface area contributed by atoms with Crippen LogP contribution in [0.4, 0.5) is 0 Å². The zero-order chi connectivity index (χ0) is 52.0. The summed E-state index contributed by atoms with van der Waals surface area (Å²) in [5.41, 5.74) is 0. The first kappa shape index (κ1) is 70.2. The van der Waals surface area contributed by atoms with Crippen LogP contribution in [0.1, 0.15) is 328 Å². The number of amides is 1. The van der Waals surface area contributed by atoms with Gasteiger partial charge in [-0.1, -0.05) is 296 Å². The molecule has 0 aliphatic rings. The van der Waals surface area contributed by atoms with Gasteiger partial charge in [0.1, 0.15) is 13.2 Å². The SMILES string of the molecule is CCCCCCCCC/C=C\CCCCCCCC(=O)NC(COP(=O)(O)OCC[N+](C)(C)C)C(O)CCCCCCCCCCCCCCCCCCCCCCCCCCCCCCCCCCC. The van der Waals surface area contributed by atoms with Crippen LogP contribution in [0.25, 0.3) is 0 Å². The molecule has 0 saturated carbocycles.